The van der Waals surface area contributed by atoms with Crippen LogP contribution in [0.4, 0.5) is 0 Å². The zero-order chi connectivity index (χ0) is 26.4. The highest BCUT2D eigenvalue weighted by Crippen LogP contribution is 2.26. The third kappa shape index (κ3) is 5.40. The summed E-state index contributed by atoms with van der Waals surface area (Å²) >= 11 is 0. The number of imidazole rings is 1. The maximum atomic E-state index is 12.7. The van der Waals surface area contributed by atoms with E-state index in [1.165, 1.54) is 11.1 Å². The molecule has 2 heterocycles. The van der Waals surface area contributed by atoms with Crippen molar-refractivity contribution in [2.75, 3.05) is 0 Å². The predicted molar refractivity (Wildman–Crippen MR) is 153 cm³/mol. The number of benzene rings is 4. The highest BCUT2D eigenvalue weighted by Gasteiger charge is 2.11. The van der Waals surface area contributed by atoms with Gasteiger partial charge in [-0.05, 0) is 70.8 Å². The molecule has 0 unspecified atom stereocenters. The van der Waals surface area contributed by atoms with E-state index < -0.39 is 0 Å². The summed E-state index contributed by atoms with van der Waals surface area (Å²) in [5.41, 5.74) is 7.63. The van der Waals surface area contributed by atoms with Crippen molar-refractivity contribution in [1.29, 1.82) is 0 Å². The highest BCUT2D eigenvalue weighted by atomic mass is 16.5. The Labute approximate surface area is 226 Å². The number of amides is 1. The highest BCUT2D eigenvalue weighted by molar-refractivity contribution is 5.97. The summed E-state index contributed by atoms with van der Waals surface area (Å²) in [5, 5.41) is 2.93. The first-order valence-corrected chi connectivity index (χ1v) is 12.8. The molecule has 6 nitrogen and oxygen atoms in total. The van der Waals surface area contributed by atoms with E-state index in [-0.39, 0.29) is 5.91 Å². The summed E-state index contributed by atoms with van der Waals surface area (Å²) in [6.07, 6.45) is 5.22. The molecule has 0 aliphatic rings. The number of nitrogens with one attached hydrogen (secondary N) is 1. The van der Waals surface area contributed by atoms with Crippen LogP contribution in [0.15, 0.2) is 128 Å². The number of hydrogen-bond acceptors (Lipinski definition) is 4. The second-order valence-corrected chi connectivity index (χ2v) is 9.17. The molecule has 0 spiro atoms. The number of hydrogen-bond donors (Lipinski definition) is 1. The Kier molecular flexibility index (Phi) is 6.82. The molecular formula is C33H26N4O2. The third-order valence-corrected chi connectivity index (χ3v) is 6.60. The van der Waals surface area contributed by atoms with Gasteiger partial charge in [-0.15, -0.1) is 0 Å². The topological polar surface area (TPSA) is 69.0 Å². The van der Waals surface area contributed by atoms with E-state index in [0.29, 0.717) is 18.7 Å². The molecule has 0 aliphatic carbocycles. The first kappa shape index (κ1) is 24.1. The van der Waals surface area contributed by atoms with E-state index in [2.05, 4.69) is 39.6 Å². The number of nitrogens with zero attached hydrogens (tertiary/aromatic N) is 3. The monoisotopic (exact) mass is 510 g/mol. The summed E-state index contributed by atoms with van der Waals surface area (Å²) in [7, 11) is 0. The minimum Gasteiger partial charge on any atom is -0.489 e. The fraction of sp³-hybridized carbons (Fsp3) is 0.0606. The van der Waals surface area contributed by atoms with Gasteiger partial charge in [-0.25, -0.2) is 4.98 Å². The van der Waals surface area contributed by atoms with Crippen LogP contribution in [0, 0.1) is 0 Å². The quantitative estimate of drug-likeness (QED) is 0.251. The molecule has 0 fully saturated rings. The van der Waals surface area contributed by atoms with Gasteiger partial charge in [0.15, 0.2) is 0 Å². The van der Waals surface area contributed by atoms with Gasteiger partial charge in [0.05, 0.1) is 11.0 Å². The van der Waals surface area contributed by atoms with Crippen LogP contribution in [0.1, 0.15) is 21.5 Å². The first-order chi connectivity index (χ1) is 19.2. The molecule has 0 radical (unpaired) electrons. The first-order valence-electron chi connectivity index (χ1n) is 12.8. The maximum Gasteiger partial charge on any atom is 0.251 e. The van der Waals surface area contributed by atoms with Crippen molar-refractivity contribution in [2.45, 2.75) is 13.2 Å². The van der Waals surface area contributed by atoms with E-state index >= 15 is 0 Å². The van der Waals surface area contributed by atoms with Crippen LogP contribution in [0.3, 0.4) is 0 Å². The van der Waals surface area contributed by atoms with Crippen molar-refractivity contribution in [3.05, 3.63) is 145 Å². The zero-order valence-electron chi connectivity index (χ0n) is 21.2. The molecule has 0 aliphatic heterocycles. The number of ether oxygens (including phenoxy) is 1. The van der Waals surface area contributed by atoms with Crippen LogP contribution in [0.25, 0.3) is 27.8 Å². The normalized spacial score (nSPS) is 10.9. The average molecular weight is 511 g/mol. The molecule has 0 atom stereocenters. The molecule has 1 N–H and O–H groups in total. The molecule has 6 aromatic rings. The molecule has 39 heavy (non-hydrogen) atoms. The fourth-order valence-electron chi connectivity index (χ4n) is 4.56. The molecule has 1 amide bonds. The van der Waals surface area contributed by atoms with Crippen LogP contribution in [-0.4, -0.2) is 20.4 Å². The van der Waals surface area contributed by atoms with Crippen molar-refractivity contribution in [2.24, 2.45) is 0 Å². The second kappa shape index (κ2) is 11.0. The van der Waals surface area contributed by atoms with Crippen LogP contribution >= 0.6 is 0 Å². The number of carbonyl (C=O) groups is 1. The van der Waals surface area contributed by atoms with Gasteiger partial charge in [0.2, 0.25) is 0 Å². The van der Waals surface area contributed by atoms with Crippen molar-refractivity contribution < 1.29 is 9.53 Å². The lowest BCUT2D eigenvalue weighted by molar-refractivity contribution is 0.0951. The molecule has 0 bridgehead atoms. The van der Waals surface area contributed by atoms with E-state index in [9.17, 15) is 4.79 Å². The molecule has 6 heteroatoms. The van der Waals surface area contributed by atoms with Gasteiger partial charge in [0.1, 0.15) is 18.7 Å². The summed E-state index contributed by atoms with van der Waals surface area (Å²) < 4.78 is 8.14. The van der Waals surface area contributed by atoms with Crippen molar-refractivity contribution >= 4 is 16.9 Å². The molecule has 0 saturated carbocycles. The van der Waals surface area contributed by atoms with E-state index in [0.717, 1.165) is 33.6 Å². The lowest BCUT2D eigenvalue weighted by Crippen LogP contribution is -2.22. The lowest BCUT2D eigenvalue weighted by atomic mass is 10.0. The molecular weight excluding hydrogens is 484 g/mol. The van der Waals surface area contributed by atoms with E-state index in [4.69, 9.17) is 4.74 Å². The smallest absolute Gasteiger partial charge is 0.251 e. The SMILES string of the molecule is O=C(NCc1cccnc1)c1ccc2c(c1)ncn2-c1ccc(OCc2ccccc2-c2ccccc2)cc1. The van der Waals surface area contributed by atoms with E-state index in [1.54, 1.807) is 18.7 Å². The fourth-order valence-corrected chi connectivity index (χ4v) is 4.56. The van der Waals surface area contributed by atoms with Crippen molar-refractivity contribution in [3.63, 3.8) is 0 Å². The van der Waals surface area contributed by atoms with Crippen LogP contribution < -0.4 is 10.1 Å². The molecule has 190 valence electrons. The Balaban J connectivity index is 1.14. The number of carbonyl (C=O) groups excluding carboxylic acids is 1. The second-order valence-electron chi connectivity index (χ2n) is 9.17. The Bertz CT molecular complexity index is 1710. The maximum absolute atomic E-state index is 12.7. The van der Waals surface area contributed by atoms with Gasteiger partial charge in [-0.1, -0.05) is 60.7 Å². The van der Waals surface area contributed by atoms with Gasteiger partial charge in [-0.2, -0.15) is 0 Å². The largest absolute Gasteiger partial charge is 0.489 e. The lowest BCUT2D eigenvalue weighted by Gasteiger charge is -2.12. The molecule has 0 saturated heterocycles. The molecule has 2 aromatic heterocycles. The van der Waals surface area contributed by atoms with Crippen molar-refractivity contribution in [3.8, 4) is 22.6 Å². The third-order valence-electron chi connectivity index (χ3n) is 6.60. The predicted octanol–water partition coefficient (Wildman–Crippen LogP) is 6.60. The average Bonchev–Trinajstić information content (AvgIpc) is 3.43. The Morgan fingerprint density at radius 2 is 1.67 bits per heavy atom. The van der Waals surface area contributed by atoms with E-state index in [1.807, 2.05) is 89.5 Å². The standard InChI is InChI=1S/C33H26N4O2/c38-33(35-21-24-7-6-18-34-20-24)26-12-17-32-31(19-26)36-23-37(32)28-13-15-29(16-14-28)39-22-27-10-4-5-11-30(27)25-8-2-1-3-9-25/h1-20,23H,21-22H2,(H,35,38). The van der Waals surface area contributed by atoms with Crippen molar-refractivity contribution in [1.82, 2.24) is 19.9 Å². The summed E-state index contributed by atoms with van der Waals surface area (Å²) in [4.78, 5) is 21.3. The van der Waals surface area contributed by atoms with Gasteiger partial charge in [0.25, 0.3) is 5.91 Å². The minimum atomic E-state index is -0.148. The zero-order valence-corrected chi connectivity index (χ0v) is 21.2. The van der Waals surface area contributed by atoms with Crippen LogP contribution in [0.2, 0.25) is 0 Å². The molecule has 6 rings (SSSR count). The molecule has 4 aromatic carbocycles. The summed E-state index contributed by atoms with van der Waals surface area (Å²) in [6.45, 7) is 0.898. The Morgan fingerprint density at radius 3 is 2.49 bits per heavy atom. The number of rotatable bonds is 8. The van der Waals surface area contributed by atoms with Gasteiger partial charge in [-0.3, -0.25) is 14.3 Å². The number of pyridine rings is 1. The summed E-state index contributed by atoms with van der Waals surface area (Å²) in [5.74, 6) is 0.643. The number of aromatic nitrogens is 3. The summed E-state index contributed by atoms with van der Waals surface area (Å²) in [6, 6.07) is 35.9. The number of fused-ring (bicyclic) bond motifs is 1. The minimum absolute atomic E-state index is 0.148. The van der Waals surface area contributed by atoms with Crippen LogP contribution in [-0.2, 0) is 13.2 Å². The van der Waals surface area contributed by atoms with Crippen LogP contribution in [0.5, 0.6) is 5.75 Å². The Morgan fingerprint density at radius 1 is 0.846 bits per heavy atom. The van der Waals surface area contributed by atoms with Gasteiger partial charge < -0.3 is 10.1 Å². The van der Waals surface area contributed by atoms with Gasteiger partial charge >= 0.3 is 0 Å². The Hall–Kier alpha value is -5.23. The van der Waals surface area contributed by atoms with Gasteiger partial charge in [0, 0.05) is 30.2 Å².